The SMILES string of the molecule is Cc1ccccc1C(C)CC1CCCCN1. The minimum atomic E-state index is 0.678. The highest BCUT2D eigenvalue weighted by atomic mass is 14.9. The van der Waals surface area contributed by atoms with E-state index in [4.69, 9.17) is 0 Å². The number of hydrogen-bond donors (Lipinski definition) is 1. The highest BCUT2D eigenvalue weighted by Gasteiger charge is 2.17. The van der Waals surface area contributed by atoms with Crippen LogP contribution in [-0.2, 0) is 0 Å². The number of nitrogens with one attached hydrogen (secondary N) is 1. The van der Waals surface area contributed by atoms with Gasteiger partial charge in [-0.25, -0.2) is 0 Å². The molecule has 2 atom stereocenters. The number of aryl methyl sites for hydroxylation is 1. The fourth-order valence-corrected chi connectivity index (χ4v) is 2.82. The lowest BCUT2D eigenvalue weighted by atomic mass is 9.88. The van der Waals surface area contributed by atoms with Crippen LogP contribution in [0, 0.1) is 6.92 Å². The minimum absolute atomic E-state index is 0.678. The molecule has 0 aromatic heterocycles. The van der Waals surface area contributed by atoms with Crippen LogP contribution in [0.4, 0.5) is 0 Å². The zero-order valence-corrected chi connectivity index (χ0v) is 10.5. The van der Waals surface area contributed by atoms with E-state index >= 15 is 0 Å². The second kappa shape index (κ2) is 5.49. The van der Waals surface area contributed by atoms with Crippen LogP contribution >= 0.6 is 0 Å². The van der Waals surface area contributed by atoms with Crippen LogP contribution in [-0.4, -0.2) is 12.6 Å². The lowest BCUT2D eigenvalue weighted by Crippen LogP contribution is -2.34. The lowest BCUT2D eigenvalue weighted by molar-refractivity contribution is 0.365. The van der Waals surface area contributed by atoms with Gasteiger partial charge in [-0.3, -0.25) is 0 Å². The molecular weight excluding hydrogens is 194 g/mol. The minimum Gasteiger partial charge on any atom is -0.314 e. The van der Waals surface area contributed by atoms with E-state index in [-0.39, 0.29) is 0 Å². The molecule has 0 saturated carbocycles. The maximum atomic E-state index is 3.64. The molecule has 0 bridgehead atoms. The Labute approximate surface area is 99.3 Å². The Kier molecular flexibility index (Phi) is 4.00. The van der Waals surface area contributed by atoms with Gasteiger partial charge in [-0.15, -0.1) is 0 Å². The summed E-state index contributed by atoms with van der Waals surface area (Å²) in [6.07, 6.45) is 5.40. The number of benzene rings is 1. The third-order valence-corrected chi connectivity index (χ3v) is 3.77. The highest BCUT2D eigenvalue weighted by Crippen LogP contribution is 2.25. The third-order valence-electron chi connectivity index (χ3n) is 3.77. The first kappa shape index (κ1) is 11.7. The zero-order valence-electron chi connectivity index (χ0n) is 10.5. The van der Waals surface area contributed by atoms with Gasteiger partial charge in [0.1, 0.15) is 0 Å². The smallest absolute Gasteiger partial charge is 0.00727 e. The van der Waals surface area contributed by atoms with Crippen LogP contribution in [0.15, 0.2) is 24.3 Å². The van der Waals surface area contributed by atoms with E-state index in [9.17, 15) is 0 Å². The molecule has 1 aromatic carbocycles. The normalized spacial score (nSPS) is 23.0. The Balaban J connectivity index is 1.96. The summed E-state index contributed by atoms with van der Waals surface area (Å²) in [5, 5.41) is 3.64. The van der Waals surface area contributed by atoms with E-state index in [0.717, 1.165) is 6.04 Å². The van der Waals surface area contributed by atoms with Gasteiger partial charge >= 0.3 is 0 Å². The predicted molar refractivity (Wildman–Crippen MR) is 69.9 cm³/mol. The molecule has 1 N–H and O–H groups in total. The molecule has 1 saturated heterocycles. The Morgan fingerprint density at radius 1 is 1.31 bits per heavy atom. The van der Waals surface area contributed by atoms with E-state index in [0.29, 0.717) is 5.92 Å². The fourth-order valence-electron chi connectivity index (χ4n) is 2.82. The molecule has 1 heteroatoms. The van der Waals surface area contributed by atoms with Crippen molar-refractivity contribution < 1.29 is 0 Å². The van der Waals surface area contributed by atoms with Gasteiger partial charge in [0.15, 0.2) is 0 Å². The Hall–Kier alpha value is -0.820. The first-order valence-corrected chi connectivity index (χ1v) is 6.56. The average Bonchev–Trinajstić information content (AvgIpc) is 2.31. The molecule has 1 aromatic rings. The predicted octanol–water partition coefficient (Wildman–Crippen LogP) is 3.63. The third kappa shape index (κ3) is 2.85. The van der Waals surface area contributed by atoms with E-state index in [1.165, 1.54) is 43.4 Å². The molecule has 16 heavy (non-hydrogen) atoms. The quantitative estimate of drug-likeness (QED) is 0.815. The van der Waals surface area contributed by atoms with E-state index in [2.05, 4.69) is 43.4 Å². The number of rotatable bonds is 3. The molecule has 0 aliphatic carbocycles. The zero-order chi connectivity index (χ0) is 11.4. The van der Waals surface area contributed by atoms with Crippen molar-refractivity contribution in [3.8, 4) is 0 Å². The summed E-state index contributed by atoms with van der Waals surface area (Å²) in [6.45, 7) is 5.80. The molecule has 1 aliphatic heterocycles. The first-order chi connectivity index (χ1) is 7.77. The van der Waals surface area contributed by atoms with Gasteiger partial charge in [-0.05, 0) is 49.8 Å². The topological polar surface area (TPSA) is 12.0 Å². The van der Waals surface area contributed by atoms with Crippen LogP contribution in [0.1, 0.15) is 49.7 Å². The summed E-state index contributed by atoms with van der Waals surface area (Å²) in [7, 11) is 0. The van der Waals surface area contributed by atoms with Gasteiger partial charge in [-0.2, -0.15) is 0 Å². The van der Waals surface area contributed by atoms with Gasteiger partial charge in [-0.1, -0.05) is 37.6 Å². The van der Waals surface area contributed by atoms with Gasteiger partial charge in [0.05, 0.1) is 0 Å². The van der Waals surface area contributed by atoms with Crippen LogP contribution in [0.5, 0.6) is 0 Å². The second-order valence-electron chi connectivity index (χ2n) is 5.14. The summed E-state index contributed by atoms with van der Waals surface area (Å²) in [6, 6.07) is 9.53. The molecule has 88 valence electrons. The molecule has 0 amide bonds. The van der Waals surface area contributed by atoms with Crippen LogP contribution in [0.3, 0.4) is 0 Å². The molecule has 1 heterocycles. The molecule has 0 radical (unpaired) electrons. The monoisotopic (exact) mass is 217 g/mol. The van der Waals surface area contributed by atoms with Crippen molar-refractivity contribution in [2.24, 2.45) is 0 Å². The molecule has 2 unspecified atom stereocenters. The summed E-state index contributed by atoms with van der Waals surface area (Å²) >= 11 is 0. The van der Waals surface area contributed by atoms with Crippen LogP contribution < -0.4 is 5.32 Å². The molecule has 2 rings (SSSR count). The molecule has 0 spiro atoms. The number of piperidine rings is 1. The van der Waals surface area contributed by atoms with Gasteiger partial charge in [0, 0.05) is 6.04 Å². The van der Waals surface area contributed by atoms with Crippen molar-refractivity contribution >= 4 is 0 Å². The summed E-state index contributed by atoms with van der Waals surface area (Å²) < 4.78 is 0. The van der Waals surface area contributed by atoms with Crippen molar-refractivity contribution in [2.45, 2.75) is 51.5 Å². The van der Waals surface area contributed by atoms with Gasteiger partial charge in [0.2, 0.25) is 0 Å². The van der Waals surface area contributed by atoms with Crippen molar-refractivity contribution in [3.63, 3.8) is 0 Å². The largest absolute Gasteiger partial charge is 0.314 e. The van der Waals surface area contributed by atoms with E-state index < -0.39 is 0 Å². The van der Waals surface area contributed by atoms with Gasteiger partial charge in [0.25, 0.3) is 0 Å². The fraction of sp³-hybridized carbons (Fsp3) is 0.600. The molecule has 1 fully saturated rings. The van der Waals surface area contributed by atoms with Crippen molar-refractivity contribution in [1.82, 2.24) is 5.32 Å². The maximum absolute atomic E-state index is 3.64. The number of hydrogen-bond acceptors (Lipinski definition) is 1. The Bertz CT molecular complexity index is 326. The highest BCUT2D eigenvalue weighted by molar-refractivity contribution is 5.28. The van der Waals surface area contributed by atoms with Gasteiger partial charge < -0.3 is 5.32 Å². The standard InChI is InChI=1S/C15H23N/c1-12-7-3-4-9-15(12)13(2)11-14-8-5-6-10-16-14/h3-4,7,9,13-14,16H,5-6,8,10-11H2,1-2H3. The van der Waals surface area contributed by atoms with E-state index in [1.807, 2.05) is 0 Å². The summed E-state index contributed by atoms with van der Waals surface area (Å²) in [5.41, 5.74) is 2.96. The summed E-state index contributed by atoms with van der Waals surface area (Å²) in [4.78, 5) is 0. The van der Waals surface area contributed by atoms with Crippen molar-refractivity contribution in [2.75, 3.05) is 6.54 Å². The Morgan fingerprint density at radius 2 is 2.12 bits per heavy atom. The van der Waals surface area contributed by atoms with Crippen LogP contribution in [0.2, 0.25) is 0 Å². The molecule has 1 aliphatic rings. The van der Waals surface area contributed by atoms with Crippen molar-refractivity contribution in [3.05, 3.63) is 35.4 Å². The average molecular weight is 217 g/mol. The maximum Gasteiger partial charge on any atom is 0.00727 e. The second-order valence-corrected chi connectivity index (χ2v) is 5.14. The lowest BCUT2D eigenvalue weighted by Gasteiger charge is -2.26. The molecule has 1 nitrogen and oxygen atoms in total. The first-order valence-electron chi connectivity index (χ1n) is 6.56. The van der Waals surface area contributed by atoms with Crippen molar-refractivity contribution in [1.29, 1.82) is 0 Å². The summed E-state index contributed by atoms with van der Waals surface area (Å²) in [5.74, 6) is 0.678. The van der Waals surface area contributed by atoms with E-state index in [1.54, 1.807) is 0 Å². The Morgan fingerprint density at radius 3 is 2.81 bits per heavy atom. The van der Waals surface area contributed by atoms with Crippen LogP contribution in [0.25, 0.3) is 0 Å². The molecular formula is C15H23N.